The molecule has 0 bridgehead atoms. The number of nitro benzene ring substituents is 1. The number of benzene rings is 1. The second kappa shape index (κ2) is 7.83. The molecule has 1 amide bonds. The predicted octanol–water partition coefficient (Wildman–Crippen LogP) is 3.34. The molecule has 0 aliphatic heterocycles. The highest BCUT2D eigenvalue weighted by atomic mass is 32.1. The molecule has 1 aromatic heterocycles. The molecule has 1 aromatic carbocycles. The van der Waals surface area contributed by atoms with Gasteiger partial charge in [0.25, 0.3) is 11.6 Å². The van der Waals surface area contributed by atoms with Crippen LogP contribution in [0, 0.1) is 17.0 Å². The fourth-order valence-electron chi connectivity index (χ4n) is 2.69. The van der Waals surface area contributed by atoms with Crippen molar-refractivity contribution in [3.63, 3.8) is 0 Å². The zero-order chi connectivity index (χ0) is 19.6. The third kappa shape index (κ3) is 4.30. The van der Waals surface area contributed by atoms with Crippen LogP contribution in [0.3, 0.4) is 0 Å². The molecule has 0 N–H and O–H groups in total. The molecule has 0 radical (unpaired) electrons. The summed E-state index contributed by atoms with van der Waals surface area (Å²) in [5.41, 5.74) is 0.941. The maximum absolute atomic E-state index is 12.9. The van der Waals surface area contributed by atoms with Gasteiger partial charge in [0.05, 0.1) is 18.1 Å². The molecule has 0 spiro atoms. The number of nitro groups is 1. The van der Waals surface area contributed by atoms with E-state index < -0.39 is 10.9 Å². The van der Waals surface area contributed by atoms with Crippen molar-refractivity contribution in [3.8, 4) is 0 Å². The van der Waals surface area contributed by atoms with Crippen LogP contribution in [-0.4, -0.2) is 39.3 Å². The van der Waals surface area contributed by atoms with Gasteiger partial charge in [-0.25, -0.2) is 9.78 Å². The number of hydrogen-bond donors (Lipinski definition) is 0. The third-order valence-corrected chi connectivity index (χ3v) is 5.08. The number of ether oxygens (including phenoxy) is 1. The van der Waals surface area contributed by atoms with Crippen LogP contribution in [0.5, 0.6) is 0 Å². The highest BCUT2D eigenvalue weighted by Crippen LogP contribution is 2.31. The van der Waals surface area contributed by atoms with E-state index in [0.717, 1.165) is 12.8 Å². The standard InChI is InChI=1S/C18H19N3O5S/c1-3-26-18(23)14-10-27-16(19-14)9-20(13-6-7-13)17(22)12-5-4-11(2)15(8-12)21(24)25/h4-5,8,10,13H,3,6-7,9H2,1-2H3. The molecule has 27 heavy (non-hydrogen) atoms. The first-order valence-electron chi connectivity index (χ1n) is 8.58. The molecule has 1 aliphatic carbocycles. The molecule has 142 valence electrons. The molecule has 0 atom stereocenters. The second-order valence-corrected chi connectivity index (χ2v) is 7.21. The molecule has 9 heteroatoms. The van der Waals surface area contributed by atoms with Gasteiger partial charge in [-0.05, 0) is 32.8 Å². The predicted molar refractivity (Wildman–Crippen MR) is 98.8 cm³/mol. The van der Waals surface area contributed by atoms with Gasteiger partial charge in [0.15, 0.2) is 5.69 Å². The Morgan fingerprint density at radius 1 is 1.41 bits per heavy atom. The Morgan fingerprint density at radius 3 is 2.78 bits per heavy atom. The van der Waals surface area contributed by atoms with Gasteiger partial charge in [-0.2, -0.15) is 0 Å². The summed E-state index contributed by atoms with van der Waals surface area (Å²) in [5, 5.41) is 13.4. The Bertz CT molecular complexity index is 891. The van der Waals surface area contributed by atoms with Crippen molar-refractivity contribution >= 4 is 28.9 Å². The van der Waals surface area contributed by atoms with Gasteiger partial charge in [0.2, 0.25) is 0 Å². The van der Waals surface area contributed by atoms with E-state index in [4.69, 9.17) is 4.74 Å². The van der Waals surface area contributed by atoms with Gasteiger partial charge in [-0.15, -0.1) is 11.3 Å². The lowest BCUT2D eigenvalue weighted by molar-refractivity contribution is -0.385. The topological polar surface area (TPSA) is 103 Å². The van der Waals surface area contributed by atoms with Crippen LogP contribution in [0.1, 0.15) is 51.2 Å². The van der Waals surface area contributed by atoms with Crippen LogP contribution in [0.25, 0.3) is 0 Å². The van der Waals surface area contributed by atoms with E-state index in [1.165, 1.54) is 17.4 Å². The smallest absolute Gasteiger partial charge is 0.357 e. The van der Waals surface area contributed by atoms with E-state index in [2.05, 4.69) is 4.98 Å². The van der Waals surface area contributed by atoms with Crippen LogP contribution in [0.4, 0.5) is 5.69 Å². The van der Waals surface area contributed by atoms with Gasteiger partial charge >= 0.3 is 5.97 Å². The summed E-state index contributed by atoms with van der Waals surface area (Å²) < 4.78 is 4.93. The first kappa shape index (κ1) is 19.0. The largest absolute Gasteiger partial charge is 0.461 e. The highest BCUT2D eigenvalue weighted by molar-refractivity contribution is 7.09. The highest BCUT2D eigenvalue weighted by Gasteiger charge is 2.34. The molecule has 1 heterocycles. The Morgan fingerprint density at radius 2 is 2.15 bits per heavy atom. The number of nitrogens with zero attached hydrogens (tertiary/aromatic N) is 3. The number of hydrogen-bond acceptors (Lipinski definition) is 7. The van der Waals surface area contributed by atoms with Crippen LogP contribution in [0.15, 0.2) is 23.6 Å². The Kier molecular flexibility index (Phi) is 5.50. The maximum atomic E-state index is 12.9. The van der Waals surface area contributed by atoms with Crippen molar-refractivity contribution < 1.29 is 19.2 Å². The normalized spacial score (nSPS) is 13.3. The summed E-state index contributed by atoms with van der Waals surface area (Å²) in [6.45, 7) is 3.89. The monoisotopic (exact) mass is 389 g/mol. The summed E-state index contributed by atoms with van der Waals surface area (Å²) >= 11 is 1.29. The van der Waals surface area contributed by atoms with Crippen molar-refractivity contribution in [2.75, 3.05) is 6.61 Å². The van der Waals surface area contributed by atoms with Crippen LogP contribution in [0.2, 0.25) is 0 Å². The van der Waals surface area contributed by atoms with Crippen molar-refractivity contribution in [2.24, 2.45) is 0 Å². The van der Waals surface area contributed by atoms with Crippen LogP contribution < -0.4 is 0 Å². The minimum absolute atomic E-state index is 0.0737. The molecule has 2 aromatic rings. The van der Waals surface area contributed by atoms with Crippen molar-refractivity contribution in [1.29, 1.82) is 0 Å². The SMILES string of the molecule is CCOC(=O)c1csc(CN(C(=O)c2ccc(C)c([N+](=O)[O-])c2)C2CC2)n1. The fraction of sp³-hybridized carbons (Fsp3) is 0.389. The number of rotatable bonds is 7. The number of carbonyl (C=O) groups excluding carboxylic acids is 2. The van der Waals surface area contributed by atoms with E-state index in [-0.39, 0.29) is 42.0 Å². The summed E-state index contributed by atoms with van der Waals surface area (Å²) in [4.78, 5) is 41.3. The Hall–Kier alpha value is -2.81. The van der Waals surface area contributed by atoms with E-state index >= 15 is 0 Å². The number of carbonyl (C=O) groups is 2. The minimum Gasteiger partial charge on any atom is -0.461 e. The molecular weight excluding hydrogens is 370 g/mol. The Labute approximate surface area is 159 Å². The summed E-state index contributed by atoms with van der Waals surface area (Å²) in [5.74, 6) is -0.757. The number of amides is 1. The average molecular weight is 389 g/mol. The van der Waals surface area contributed by atoms with E-state index in [1.54, 1.807) is 36.3 Å². The van der Waals surface area contributed by atoms with Crippen molar-refractivity contribution in [1.82, 2.24) is 9.88 Å². The number of thiazole rings is 1. The van der Waals surface area contributed by atoms with Crippen molar-refractivity contribution in [2.45, 2.75) is 39.3 Å². The van der Waals surface area contributed by atoms with Gasteiger partial charge < -0.3 is 9.64 Å². The third-order valence-electron chi connectivity index (χ3n) is 4.24. The number of aryl methyl sites for hydroxylation is 1. The zero-order valence-corrected chi connectivity index (χ0v) is 15.8. The van der Waals surface area contributed by atoms with Gasteiger partial charge in [-0.3, -0.25) is 14.9 Å². The second-order valence-electron chi connectivity index (χ2n) is 6.27. The first-order chi connectivity index (χ1) is 12.9. The lowest BCUT2D eigenvalue weighted by Crippen LogP contribution is -2.32. The van der Waals surface area contributed by atoms with E-state index in [0.29, 0.717) is 10.6 Å². The number of esters is 1. The molecule has 1 aliphatic rings. The summed E-state index contributed by atoms with van der Waals surface area (Å²) in [6, 6.07) is 4.59. The lowest BCUT2D eigenvalue weighted by Gasteiger charge is -2.21. The molecule has 1 saturated carbocycles. The molecule has 0 saturated heterocycles. The average Bonchev–Trinajstić information content (AvgIpc) is 3.37. The lowest BCUT2D eigenvalue weighted by atomic mass is 10.1. The summed E-state index contributed by atoms with van der Waals surface area (Å²) in [6.07, 6.45) is 1.77. The van der Waals surface area contributed by atoms with Gasteiger partial charge in [-0.1, -0.05) is 6.07 Å². The van der Waals surface area contributed by atoms with Gasteiger partial charge in [0.1, 0.15) is 5.01 Å². The Balaban J connectivity index is 1.80. The molecule has 8 nitrogen and oxygen atoms in total. The quantitative estimate of drug-likeness (QED) is 0.409. The molecule has 1 fully saturated rings. The first-order valence-corrected chi connectivity index (χ1v) is 9.46. The van der Waals surface area contributed by atoms with Crippen LogP contribution in [-0.2, 0) is 11.3 Å². The van der Waals surface area contributed by atoms with E-state index in [1.807, 2.05) is 0 Å². The molecule has 0 unspecified atom stereocenters. The zero-order valence-electron chi connectivity index (χ0n) is 15.0. The number of aromatic nitrogens is 1. The van der Waals surface area contributed by atoms with Gasteiger partial charge in [0, 0.05) is 28.6 Å². The van der Waals surface area contributed by atoms with E-state index in [9.17, 15) is 19.7 Å². The van der Waals surface area contributed by atoms with Crippen molar-refractivity contribution in [3.05, 3.63) is 55.5 Å². The fourth-order valence-corrected chi connectivity index (χ4v) is 3.45. The van der Waals surface area contributed by atoms with Crippen LogP contribution >= 0.6 is 11.3 Å². The maximum Gasteiger partial charge on any atom is 0.357 e. The molecular formula is C18H19N3O5S. The minimum atomic E-state index is -0.488. The summed E-state index contributed by atoms with van der Waals surface area (Å²) in [7, 11) is 0. The molecule has 3 rings (SSSR count).